The summed E-state index contributed by atoms with van der Waals surface area (Å²) in [6.07, 6.45) is 0.398. The zero-order chi connectivity index (χ0) is 26.2. The fourth-order valence-electron chi connectivity index (χ4n) is 4.52. The molecule has 0 radical (unpaired) electrons. The molecule has 1 heterocycles. The topological polar surface area (TPSA) is 81.8 Å². The van der Waals surface area contributed by atoms with E-state index in [4.69, 9.17) is 0 Å². The fourth-order valence-corrected chi connectivity index (χ4v) is 4.52. The summed E-state index contributed by atoms with van der Waals surface area (Å²) in [6.45, 7) is 6.59. The number of hydrogen-bond donors (Lipinski definition) is 2. The first-order valence-corrected chi connectivity index (χ1v) is 12.7. The number of nitrogens with one attached hydrogen (secondary N) is 2. The van der Waals surface area contributed by atoms with Crippen LogP contribution in [-0.2, 0) is 16.0 Å². The third kappa shape index (κ3) is 7.05. The quantitative estimate of drug-likeness (QED) is 0.495. The molecule has 7 heteroatoms. The van der Waals surface area contributed by atoms with Crippen molar-refractivity contribution >= 4 is 23.4 Å². The van der Waals surface area contributed by atoms with Crippen molar-refractivity contribution < 1.29 is 14.4 Å². The second kappa shape index (κ2) is 12.3. The van der Waals surface area contributed by atoms with E-state index in [1.807, 2.05) is 78.2 Å². The van der Waals surface area contributed by atoms with Crippen molar-refractivity contribution in [2.24, 2.45) is 0 Å². The molecule has 0 bridgehead atoms. The maximum atomic E-state index is 13.0. The van der Waals surface area contributed by atoms with Gasteiger partial charge in [-0.15, -0.1) is 0 Å². The van der Waals surface area contributed by atoms with Crippen LogP contribution in [0.2, 0.25) is 0 Å². The Bertz CT molecular complexity index is 1240. The minimum absolute atomic E-state index is 0.114. The first-order chi connectivity index (χ1) is 17.9. The third-order valence-electron chi connectivity index (χ3n) is 6.79. The van der Waals surface area contributed by atoms with Crippen LogP contribution in [0.3, 0.4) is 0 Å². The molecule has 1 unspecified atom stereocenters. The Labute approximate surface area is 218 Å². The number of aryl methyl sites for hydroxylation is 1. The summed E-state index contributed by atoms with van der Waals surface area (Å²) in [5.74, 6) is -0.313. The van der Waals surface area contributed by atoms with Crippen LogP contribution in [0.1, 0.15) is 40.0 Å². The number of benzene rings is 3. The Morgan fingerprint density at radius 1 is 0.838 bits per heavy atom. The standard InChI is InChI=1S/C30H34N4O3/c1-22-10-6-7-13-25(22)20-29(36)34-18-16-33(17-19-34)21-28(35)32-27-15-9-8-14-26(27)30(37)31-23(2)24-11-4-3-5-12-24/h3-15,23H,16-21H2,1-2H3,(H,31,37)(H,32,35). The van der Waals surface area contributed by atoms with Crippen LogP contribution < -0.4 is 10.6 Å². The number of rotatable bonds is 8. The van der Waals surface area contributed by atoms with E-state index < -0.39 is 0 Å². The highest BCUT2D eigenvalue weighted by atomic mass is 16.2. The maximum absolute atomic E-state index is 13.0. The molecule has 37 heavy (non-hydrogen) atoms. The van der Waals surface area contributed by atoms with Gasteiger partial charge in [-0.05, 0) is 42.7 Å². The molecule has 1 aliphatic rings. The Balaban J connectivity index is 1.28. The smallest absolute Gasteiger partial charge is 0.253 e. The van der Waals surface area contributed by atoms with Gasteiger partial charge in [0.1, 0.15) is 0 Å². The van der Waals surface area contributed by atoms with Crippen molar-refractivity contribution in [1.82, 2.24) is 15.1 Å². The van der Waals surface area contributed by atoms with Crippen LogP contribution in [0, 0.1) is 6.92 Å². The molecule has 1 aliphatic heterocycles. The highest BCUT2D eigenvalue weighted by Crippen LogP contribution is 2.18. The van der Waals surface area contributed by atoms with E-state index in [9.17, 15) is 14.4 Å². The molecule has 1 atom stereocenters. The third-order valence-corrected chi connectivity index (χ3v) is 6.79. The number of hydrogen-bond acceptors (Lipinski definition) is 4. The average Bonchev–Trinajstić information content (AvgIpc) is 2.91. The van der Waals surface area contributed by atoms with Crippen LogP contribution in [0.4, 0.5) is 5.69 Å². The van der Waals surface area contributed by atoms with E-state index in [2.05, 4.69) is 10.6 Å². The lowest BCUT2D eigenvalue weighted by molar-refractivity contribution is -0.132. The summed E-state index contributed by atoms with van der Waals surface area (Å²) in [6, 6.07) is 24.6. The molecule has 3 amide bonds. The molecule has 4 rings (SSSR count). The van der Waals surface area contributed by atoms with Gasteiger partial charge in [-0.2, -0.15) is 0 Å². The molecule has 0 aromatic heterocycles. The zero-order valence-corrected chi connectivity index (χ0v) is 21.4. The van der Waals surface area contributed by atoms with Gasteiger partial charge in [0.2, 0.25) is 11.8 Å². The van der Waals surface area contributed by atoms with Crippen molar-refractivity contribution in [2.45, 2.75) is 26.3 Å². The second-order valence-electron chi connectivity index (χ2n) is 9.46. The van der Waals surface area contributed by atoms with Crippen molar-refractivity contribution in [1.29, 1.82) is 0 Å². The summed E-state index contributed by atoms with van der Waals surface area (Å²) in [4.78, 5) is 42.4. The van der Waals surface area contributed by atoms with E-state index in [1.165, 1.54) is 0 Å². The molecule has 3 aromatic carbocycles. The van der Waals surface area contributed by atoms with Gasteiger partial charge in [-0.3, -0.25) is 19.3 Å². The monoisotopic (exact) mass is 498 g/mol. The molecule has 7 nitrogen and oxygen atoms in total. The minimum Gasteiger partial charge on any atom is -0.345 e. The van der Waals surface area contributed by atoms with Crippen molar-refractivity contribution in [2.75, 3.05) is 38.0 Å². The molecule has 0 saturated carbocycles. The van der Waals surface area contributed by atoms with Crippen LogP contribution >= 0.6 is 0 Å². The van der Waals surface area contributed by atoms with Crippen LogP contribution in [-0.4, -0.2) is 60.2 Å². The lowest BCUT2D eigenvalue weighted by atomic mass is 10.1. The minimum atomic E-state index is -0.243. The van der Waals surface area contributed by atoms with Gasteiger partial charge in [0.25, 0.3) is 5.91 Å². The molecule has 2 N–H and O–H groups in total. The number of anilines is 1. The van der Waals surface area contributed by atoms with Gasteiger partial charge in [0.15, 0.2) is 0 Å². The SMILES string of the molecule is Cc1ccccc1CC(=O)N1CCN(CC(=O)Nc2ccccc2C(=O)NC(C)c2ccccc2)CC1. The van der Waals surface area contributed by atoms with Crippen LogP contribution in [0.25, 0.3) is 0 Å². The summed E-state index contributed by atoms with van der Waals surface area (Å²) in [5.41, 5.74) is 4.08. The van der Waals surface area contributed by atoms with E-state index >= 15 is 0 Å². The molecule has 1 fully saturated rings. The maximum Gasteiger partial charge on any atom is 0.253 e. The van der Waals surface area contributed by atoms with Crippen LogP contribution in [0.5, 0.6) is 0 Å². The molecular formula is C30H34N4O3. The highest BCUT2D eigenvalue weighted by molar-refractivity contribution is 6.04. The predicted molar refractivity (Wildman–Crippen MR) is 145 cm³/mol. The number of piperazine rings is 1. The van der Waals surface area contributed by atoms with Crippen LogP contribution in [0.15, 0.2) is 78.9 Å². The van der Waals surface area contributed by atoms with E-state index in [0.29, 0.717) is 43.9 Å². The lowest BCUT2D eigenvalue weighted by Gasteiger charge is -2.34. The van der Waals surface area contributed by atoms with Gasteiger partial charge >= 0.3 is 0 Å². The van der Waals surface area contributed by atoms with E-state index in [0.717, 1.165) is 16.7 Å². The van der Waals surface area contributed by atoms with Gasteiger partial charge in [-0.25, -0.2) is 0 Å². The Morgan fingerprint density at radius 2 is 1.49 bits per heavy atom. The van der Waals surface area contributed by atoms with Gasteiger partial charge in [0.05, 0.1) is 30.3 Å². The second-order valence-corrected chi connectivity index (χ2v) is 9.46. The van der Waals surface area contributed by atoms with Gasteiger partial charge < -0.3 is 15.5 Å². The molecule has 0 aliphatic carbocycles. The number of amides is 3. The van der Waals surface area contributed by atoms with Gasteiger partial charge in [-0.1, -0.05) is 66.7 Å². The Morgan fingerprint density at radius 3 is 2.22 bits per heavy atom. The summed E-state index contributed by atoms with van der Waals surface area (Å²) < 4.78 is 0. The fraction of sp³-hybridized carbons (Fsp3) is 0.300. The van der Waals surface area contributed by atoms with E-state index in [1.54, 1.807) is 24.3 Å². The van der Waals surface area contributed by atoms with Crippen molar-refractivity contribution in [3.05, 3.63) is 101 Å². The lowest BCUT2D eigenvalue weighted by Crippen LogP contribution is -2.50. The first kappa shape index (κ1) is 26.1. The number of nitrogens with zero attached hydrogens (tertiary/aromatic N) is 2. The average molecular weight is 499 g/mol. The Kier molecular flexibility index (Phi) is 8.69. The highest BCUT2D eigenvalue weighted by Gasteiger charge is 2.23. The summed E-state index contributed by atoms with van der Waals surface area (Å²) >= 11 is 0. The number of para-hydroxylation sites is 1. The predicted octanol–water partition coefficient (Wildman–Crippen LogP) is 3.81. The normalized spacial score (nSPS) is 14.6. The summed E-state index contributed by atoms with van der Waals surface area (Å²) in [7, 11) is 0. The number of carbonyl (C=O) groups is 3. The Hall–Kier alpha value is -3.97. The molecule has 1 saturated heterocycles. The molecule has 3 aromatic rings. The molecular weight excluding hydrogens is 464 g/mol. The zero-order valence-electron chi connectivity index (χ0n) is 21.4. The van der Waals surface area contributed by atoms with E-state index in [-0.39, 0.29) is 30.3 Å². The molecule has 0 spiro atoms. The largest absolute Gasteiger partial charge is 0.345 e. The van der Waals surface area contributed by atoms with Crippen molar-refractivity contribution in [3.8, 4) is 0 Å². The summed E-state index contributed by atoms with van der Waals surface area (Å²) in [5, 5.41) is 5.91. The number of carbonyl (C=O) groups excluding carboxylic acids is 3. The first-order valence-electron chi connectivity index (χ1n) is 12.7. The molecule has 192 valence electrons. The van der Waals surface area contributed by atoms with Crippen molar-refractivity contribution in [3.63, 3.8) is 0 Å². The van der Waals surface area contributed by atoms with Gasteiger partial charge in [0, 0.05) is 26.2 Å².